The minimum Gasteiger partial charge on any atom is -0.497 e. The first kappa shape index (κ1) is 17.1. The Kier molecular flexibility index (Phi) is 4.57. The lowest BCUT2D eigenvalue weighted by molar-refractivity contribution is 0.0577. The number of carbonyl (C=O) groups excluding carboxylic acids is 1. The highest BCUT2D eigenvalue weighted by atomic mass is 16.6. The van der Waals surface area contributed by atoms with E-state index < -0.39 is 5.60 Å². The highest BCUT2D eigenvalue weighted by Gasteiger charge is 2.31. The number of rotatable bonds is 2. The normalized spacial score (nSPS) is 16.6. The second-order valence-electron chi connectivity index (χ2n) is 7.08. The van der Waals surface area contributed by atoms with Gasteiger partial charge in [0.1, 0.15) is 11.4 Å². The molecule has 0 bridgehead atoms. The average Bonchev–Trinajstić information content (AvgIpc) is 2.59. The summed E-state index contributed by atoms with van der Waals surface area (Å²) >= 11 is 0. The molecule has 5 nitrogen and oxygen atoms in total. The van der Waals surface area contributed by atoms with Gasteiger partial charge < -0.3 is 14.8 Å². The molecule has 0 saturated carbocycles. The summed E-state index contributed by atoms with van der Waals surface area (Å²) in [5.41, 5.74) is 2.30. The van der Waals surface area contributed by atoms with Crippen LogP contribution in [0.25, 0.3) is 0 Å². The number of ether oxygens (including phenoxy) is 2. The molecular weight excluding hydrogens is 316 g/mol. The molecule has 25 heavy (non-hydrogen) atoms. The number of benzene rings is 2. The molecule has 0 aromatic heterocycles. The van der Waals surface area contributed by atoms with Gasteiger partial charge in [0.05, 0.1) is 31.1 Å². The van der Waals surface area contributed by atoms with E-state index in [0.717, 1.165) is 22.7 Å². The van der Waals surface area contributed by atoms with Crippen molar-refractivity contribution < 1.29 is 14.3 Å². The molecule has 1 atom stereocenters. The fourth-order valence-corrected chi connectivity index (χ4v) is 2.86. The summed E-state index contributed by atoms with van der Waals surface area (Å²) in [7, 11) is 1.65. The van der Waals surface area contributed by atoms with Crippen LogP contribution >= 0.6 is 0 Å². The van der Waals surface area contributed by atoms with Gasteiger partial charge in [-0.1, -0.05) is 24.3 Å². The summed E-state index contributed by atoms with van der Waals surface area (Å²) in [5, 5.41) is 3.51. The summed E-state index contributed by atoms with van der Waals surface area (Å²) in [5.74, 6) is 0.809. The Morgan fingerprint density at radius 3 is 2.44 bits per heavy atom. The number of nitrogens with one attached hydrogen (secondary N) is 1. The number of methoxy groups -OCH3 is 1. The van der Waals surface area contributed by atoms with Crippen LogP contribution in [0.3, 0.4) is 0 Å². The van der Waals surface area contributed by atoms with Crippen LogP contribution in [0.5, 0.6) is 5.75 Å². The molecule has 2 aromatic carbocycles. The molecule has 1 aliphatic heterocycles. The van der Waals surface area contributed by atoms with E-state index in [1.807, 2.05) is 69.3 Å². The van der Waals surface area contributed by atoms with Crippen LogP contribution in [0, 0.1) is 0 Å². The number of hydrogen-bond donors (Lipinski definition) is 1. The zero-order valence-corrected chi connectivity index (χ0v) is 15.1. The molecule has 0 fully saturated rings. The quantitative estimate of drug-likeness (QED) is 0.868. The number of anilines is 2. The van der Waals surface area contributed by atoms with Gasteiger partial charge in [-0.05, 0) is 50.6 Å². The molecule has 1 aliphatic rings. The van der Waals surface area contributed by atoms with Crippen molar-refractivity contribution in [3.63, 3.8) is 0 Å². The zero-order valence-electron chi connectivity index (χ0n) is 15.1. The smallest absolute Gasteiger partial charge is 0.414 e. The lowest BCUT2D eigenvalue weighted by Crippen LogP contribution is -2.43. The van der Waals surface area contributed by atoms with Gasteiger partial charge >= 0.3 is 6.09 Å². The van der Waals surface area contributed by atoms with Crippen molar-refractivity contribution in [2.45, 2.75) is 32.4 Å². The molecule has 132 valence electrons. The molecule has 1 amide bonds. The molecule has 5 heteroatoms. The largest absolute Gasteiger partial charge is 0.497 e. The van der Waals surface area contributed by atoms with Gasteiger partial charge in [-0.3, -0.25) is 4.90 Å². The van der Waals surface area contributed by atoms with Gasteiger partial charge in [-0.2, -0.15) is 0 Å². The Bertz CT molecular complexity index is 750. The molecule has 0 spiro atoms. The van der Waals surface area contributed by atoms with Gasteiger partial charge in [0, 0.05) is 0 Å². The Labute approximate surface area is 148 Å². The van der Waals surface area contributed by atoms with Crippen molar-refractivity contribution in [3.05, 3.63) is 54.1 Å². The van der Waals surface area contributed by atoms with Crippen LogP contribution in [0.15, 0.2) is 48.5 Å². The molecule has 3 rings (SSSR count). The Morgan fingerprint density at radius 2 is 1.80 bits per heavy atom. The van der Waals surface area contributed by atoms with Crippen molar-refractivity contribution in [1.29, 1.82) is 0 Å². The Hall–Kier alpha value is -2.69. The lowest BCUT2D eigenvalue weighted by Gasteiger charge is -2.36. The molecule has 0 aliphatic carbocycles. The summed E-state index contributed by atoms with van der Waals surface area (Å²) < 4.78 is 10.8. The van der Waals surface area contributed by atoms with Gasteiger partial charge in [0.2, 0.25) is 0 Å². The number of hydrogen-bond acceptors (Lipinski definition) is 4. The lowest BCUT2D eigenvalue weighted by atomic mass is 10.0. The third kappa shape index (κ3) is 3.87. The number of amides is 1. The second-order valence-corrected chi connectivity index (χ2v) is 7.08. The van der Waals surface area contributed by atoms with Crippen molar-refractivity contribution in [1.82, 2.24) is 0 Å². The Balaban J connectivity index is 1.90. The molecule has 0 radical (unpaired) electrons. The predicted octanol–water partition coefficient (Wildman–Crippen LogP) is 4.60. The van der Waals surface area contributed by atoms with Crippen LogP contribution in [-0.2, 0) is 4.74 Å². The first-order valence-corrected chi connectivity index (χ1v) is 8.37. The highest BCUT2D eigenvalue weighted by molar-refractivity contribution is 5.93. The average molecular weight is 340 g/mol. The van der Waals surface area contributed by atoms with E-state index >= 15 is 0 Å². The van der Waals surface area contributed by atoms with Crippen molar-refractivity contribution >= 4 is 17.5 Å². The topological polar surface area (TPSA) is 50.8 Å². The zero-order chi connectivity index (χ0) is 18.0. The van der Waals surface area contributed by atoms with Crippen molar-refractivity contribution in [2.75, 3.05) is 23.9 Å². The highest BCUT2D eigenvalue weighted by Crippen LogP contribution is 2.36. The van der Waals surface area contributed by atoms with Crippen LogP contribution in [0.2, 0.25) is 0 Å². The SMILES string of the molecule is COc1ccc(C2CN(C(=O)OC(C)(C)C)c3ccccc3N2)cc1. The van der Waals surface area contributed by atoms with Gasteiger partial charge in [0.15, 0.2) is 0 Å². The molecule has 1 heterocycles. The van der Waals surface area contributed by atoms with E-state index in [2.05, 4.69) is 5.32 Å². The van der Waals surface area contributed by atoms with E-state index in [0.29, 0.717) is 6.54 Å². The second kappa shape index (κ2) is 6.67. The van der Waals surface area contributed by atoms with E-state index in [4.69, 9.17) is 9.47 Å². The fraction of sp³-hybridized carbons (Fsp3) is 0.350. The standard InChI is InChI=1S/C20H24N2O3/c1-20(2,3)25-19(23)22-13-17(14-9-11-15(24-4)12-10-14)21-16-7-5-6-8-18(16)22/h5-12,17,21H,13H2,1-4H3. The molecular formula is C20H24N2O3. The maximum absolute atomic E-state index is 12.7. The fourth-order valence-electron chi connectivity index (χ4n) is 2.86. The maximum Gasteiger partial charge on any atom is 0.414 e. The summed E-state index contributed by atoms with van der Waals surface area (Å²) in [6, 6.07) is 15.6. The van der Waals surface area contributed by atoms with Crippen molar-refractivity contribution in [2.24, 2.45) is 0 Å². The van der Waals surface area contributed by atoms with E-state index in [9.17, 15) is 4.79 Å². The van der Waals surface area contributed by atoms with E-state index in [1.165, 1.54) is 0 Å². The number of fused-ring (bicyclic) bond motifs is 1. The third-order valence-corrected chi connectivity index (χ3v) is 4.02. The molecule has 1 unspecified atom stereocenters. The monoisotopic (exact) mass is 340 g/mol. The molecule has 0 saturated heterocycles. The van der Waals surface area contributed by atoms with Crippen LogP contribution < -0.4 is 15.0 Å². The van der Waals surface area contributed by atoms with Crippen LogP contribution in [-0.4, -0.2) is 25.3 Å². The first-order chi connectivity index (χ1) is 11.9. The van der Waals surface area contributed by atoms with Gasteiger partial charge in [-0.15, -0.1) is 0 Å². The van der Waals surface area contributed by atoms with E-state index in [1.54, 1.807) is 12.0 Å². The minimum absolute atomic E-state index is 0.0201. The van der Waals surface area contributed by atoms with E-state index in [-0.39, 0.29) is 12.1 Å². The Morgan fingerprint density at radius 1 is 1.12 bits per heavy atom. The molecule has 2 aromatic rings. The van der Waals surface area contributed by atoms with Crippen LogP contribution in [0.1, 0.15) is 32.4 Å². The maximum atomic E-state index is 12.7. The number of para-hydroxylation sites is 2. The first-order valence-electron chi connectivity index (χ1n) is 8.37. The van der Waals surface area contributed by atoms with Gasteiger partial charge in [-0.25, -0.2) is 4.79 Å². The van der Waals surface area contributed by atoms with Crippen LogP contribution in [0.4, 0.5) is 16.2 Å². The summed E-state index contributed by atoms with van der Waals surface area (Å²) in [6.45, 7) is 6.12. The number of carbonyl (C=O) groups is 1. The number of nitrogens with zero attached hydrogens (tertiary/aromatic N) is 1. The minimum atomic E-state index is -0.535. The summed E-state index contributed by atoms with van der Waals surface area (Å²) in [6.07, 6.45) is -0.333. The third-order valence-electron chi connectivity index (χ3n) is 4.02. The summed E-state index contributed by atoms with van der Waals surface area (Å²) in [4.78, 5) is 14.4. The van der Waals surface area contributed by atoms with Gasteiger partial charge in [0.25, 0.3) is 0 Å². The predicted molar refractivity (Wildman–Crippen MR) is 99.4 cm³/mol. The van der Waals surface area contributed by atoms with Crippen molar-refractivity contribution in [3.8, 4) is 5.75 Å². The molecule has 1 N–H and O–H groups in total.